The van der Waals surface area contributed by atoms with E-state index in [1.807, 2.05) is 48.5 Å². The number of oxime groups is 1. The molecule has 1 N–H and O–H groups in total. The van der Waals surface area contributed by atoms with Crippen molar-refractivity contribution < 1.29 is 19.1 Å². The Hall–Kier alpha value is -3.02. The minimum absolute atomic E-state index is 0.0882. The third kappa shape index (κ3) is 6.51. The Morgan fingerprint density at radius 3 is 2.70 bits per heavy atom. The van der Waals surface area contributed by atoms with Crippen LogP contribution in [0.15, 0.2) is 53.7 Å². The zero-order chi connectivity index (χ0) is 21.2. The van der Waals surface area contributed by atoms with E-state index in [1.165, 1.54) is 12.8 Å². The maximum absolute atomic E-state index is 12.1. The minimum Gasteiger partial charge on any atom is -0.493 e. The van der Waals surface area contributed by atoms with Gasteiger partial charge in [-0.05, 0) is 42.5 Å². The van der Waals surface area contributed by atoms with E-state index in [0.717, 1.165) is 24.0 Å². The molecule has 2 atom stereocenters. The van der Waals surface area contributed by atoms with Gasteiger partial charge in [0.15, 0.2) is 18.1 Å². The second-order valence-corrected chi connectivity index (χ2v) is 7.63. The monoisotopic (exact) mass is 410 g/mol. The topological polar surface area (TPSA) is 69.2 Å². The lowest BCUT2D eigenvalue weighted by Gasteiger charge is -2.29. The van der Waals surface area contributed by atoms with Gasteiger partial charge in [0.25, 0.3) is 5.91 Å². The first-order valence-corrected chi connectivity index (χ1v) is 10.4. The second-order valence-electron chi connectivity index (χ2n) is 7.63. The van der Waals surface area contributed by atoms with Crippen LogP contribution < -0.4 is 14.8 Å². The summed E-state index contributed by atoms with van der Waals surface area (Å²) in [5, 5.41) is 6.96. The number of methoxy groups -OCH3 is 1. The molecule has 1 aliphatic rings. The van der Waals surface area contributed by atoms with Crippen LogP contribution in [0.25, 0.3) is 0 Å². The molecule has 0 heterocycles. The van der Waals surface area contributed by atoms with Gasteiger partial charge in [-0.2, -0.15) is 0 Å². The van der Waals surface area contributed by atoms with E-state index >= 15 is 0 Å². The van der Waals surface area contributed by atoms with Crippen LogP contribution >= 0.6 is 0 Å². The van der Waals surface area contributed by atoms with Crippen molar-refractivity contribution in [1.29, 1.82) is 0 Å². The van der Waals surface area contributed by atoms with Gasteiger partial charge in [0.2, 0.25) is 0 Å². The Kier molecular flexibility index (Phi) is 8.12. The number of carbonyl (C=O) groups is 1. The van der Waals surface area contributed by atoms with Crippen LogP contribution in [0.1, 0.15) is 43.7 Å². The van der Waals surface area contributed by atoms with Crippen LogP contribution in [-0.2, 0) is 16.2 Å². The van der Waals surface area contributed by atoms with E-state index < -0.39 is 0 Å². The lowest BCUT2D eigenvalue weighted by atomic mass is 9.86. The molecule has 1 fully saturated rings. The fraction of sp³-hybridized carbons (Fsp3) is 0.417. The number of benzene rings is 2. The molecule has 6 nitrogen and oxygen atoms in total. The quantitative estimate of drug-likeness (QED) is 0.494. The standard InChI is InChI=1S/C24H30N2O4/c1-18-8-6-7-11-21(18)26-24(27)17-30-25-15-20-12-13-22(23(14-20)28-2)29-16-19-9-4-3-5-10-19/h3-5,9-10,12-15,18,21H,6-8,11,16-17H2,1-2H3,(H,26,27)/b25-15-/t18-,21+/m1/s1. The fourth-order valence-corrected chi connectivity index (χ4v) is 3.59. The Bertz CT molecular complexity index is 838. The van der Waals surface area contributed by atoms with E-state index in [4.69, 9.17) is 14.3 Å². The Morgan fingerprint density at radius 1 is 1.13 bits per heavy atom. The first-order chi connectivity index (χ1) is 14.7. The normalized spacial score (nSPS) is 18.7. The van der Waals surface area contributed by atoms with E-state index in [-0.39, 0.29) is 18.6 Å². The Morgan fingerprint density at radius 2 is 1.93 bits per heavy atom. The molecule has 0 bridgehead atoms. The van der Waals surface area contributed by atoms with Crippen LogP contribution in [0.4, 0.5) is 0 Å². The highest BCUT2D eigenvalue weighted by atomic mass is 16.6. The predicted octanol–water partition coefficient (Wildman–Crippen LogP) is 4.32. The van der Waals surface area contributed by atoms with Crippen molar-refractivity contribution in [2.45, 2.75) is 45.3 Å². The van der Waals surface area contributed by atoms with Crippen LogP contribution in [-0.4, -0.2) is 31.9 Å². The number of carbonyl (C=O) groups excluding carboxylic acids is 1. The van der Waals surface area contributed by atoms with Crippen molar-refractivity contribution in [3.05, 3.63) is 59.7 Å². The third-order valence-electron chi connectivity index (χ3n) is 5.35. The van der Waals surface area contributed by atoms with Gasteiger partial charge < -0.3 is 19.6 Å². The molecule has 30 heavy (non-hydrogen) atoms. The minimum atomic E-state index is -0.131. The molecule has 0 unspecified atom stereocenters. The van der Waals surface area contributed by atoms with Crippen molar-refractivity contribution in [3.63, 3.8) is 0 Å². The van der Waals surface area contributed by atoms with Gasteiger partial charge in [-0.3, -0.25) is 4.79 Å². The first-order valence-electron chi connectivity index (χ1n) is 10.4. The van der Waals surface area contributed by atoms with Gasteiger partial charge >= 0.3 is 0 Å². The molecule has 1 amide bonds. The number of nitrogens with one attached hydrogen (secondary N) is 1. The maximum atomic E-state index is 12.1. The number of rotatable bonds is 9. The molecule has 1 aliphatic carbocycles. The van der Waals surface area contributed by atoms with E-state index in [0.29, 0.717) is 24.0 Å². The molecule has 0 aliphatic heterocycles. The molecule has 3 rings (SSSR count). The maximum Gasteiger partial charge on any atom is 0.261 e. The summed E-state index contributed by atoms with van der Waals surface area (Å²) in [6.07, 6.45) is 6.17. The summed E-state index contributed by atoms with van der Waals surface area (Å²) < 4.78 is 11.3. The highest BCUT2D eigenvalue weighted by Crippen LogP contribution is 2.28. The summed E-state index contributed by atoms with van der Waals surface area (Å²) in [6.45, 7) is 2.56. The fourth-order valence-electron chi connectivity index (χ4n) is 3.59. The van der Waals surface area contributed by atoms with Crippen LogP contribution in [0, 0.1) is 5.92 Å². The van der Waals surface area contributed by atoms with Gasteiger partial charge in [0, 0.05) is 11.6 Å². The Labute approximate surface area is 178 Å². The zero-order valence-corrected chi connectivity index (χ0v) is 17.7. The van der Waals surface area contributed by atoms with Crippen molar-refractivity contribution in [2.75, 3.05) is 13.7 Å². The SMILES string of the molecule is COc1cc(/C=N\OCC(=O)N[C@H]2CCCC[C@H]2C)ccc1OCc1ccccc1. The molecule has 0 saturated heterocycles. The highest BCUT2D eigenvalue weighted by Gasteiger charge is 2.22. The molecule has 6 heteroatoms. The van der Waals surface area contributed by atoms with Gasteiger partial charge in [-0.15, -0.1) is 0 Å². The van der Waals surface area contributed by atoms with Crippen molar-refractivity contribution in [2.24, 2.45) is 11.1 Å². The van der Waals surface area contributed by atoms with Crippen molar-refractivity contribution in [3.8, 4) is 11.5 Å². The molecule has 0 radical (unpaired) electrons. The lowest BCUT2D eigenvalue weighted by Crippen LogP contribution is -2.42. The second kappa shape index (κ2) is 11.2. The molecule has 0 spiro atoms. The molecule has 160 valence electrons. The van der Waals surface area contributed by atoms with Crippen molar-refractivity contribution in [1.82, 2.24) is 5.32 Å². The van der Waals surface area contributed by atoms with Gasteiger partial charge in [-0.1, -0.05) is 55.3 Å². The van der Waals surface area contributed by atoms with Gasteiger partial charge in [0.05, 0.1) is 13.3 Å². The molecular weight excluding hydrogens is 380 g/mol. The smallest absolute Gasteiger partial charge is 0.261 e. The predicted molar refractivity (Wildman–Crippen MR) is 117 cm³/mol. The summed E-state index contributed by atoms with van der Waals surface area (Å²) in [4.78, 5) is 17.2. The molecule has 0 aromatic heterocycles. The first kappa shape index (κ1) is 21.7. The molecule has 1 saturated carbocycles. The zero-order valence-electron chi connectivity index (χ0n) is 17.7. The largest absolute Gasteiger partial charge is 0.493 e. The van der Waals surface area contributed by atoms with Crippen LogP contribution in [0.3, 0.4) is 0 Å². The number of nitrogens with zero attached hydrogens (tertiary/aromatic N) is 1. The summed E-state index contributed by atoms with van der Waals surface area (Å²) in [6, 6.07) is 15.7. The van der Waals surface area contributed by atoms with Crippen LogP contribution in [0.2, 0.25) is 0 Å². The van der Waals surface area contributed by atoms with Gasteiger partial charge in [-0.25, -0.2) is 0 Å². The highest BCUT2D eigenvalue weighted by molar-refractivity contribution is 5.81. The van der Waals surface area contributed by atoms with Crippen molar-refractivity contribution >= 4 is 12.1 Å². The summed E-state index contributed by atoms with van der Waals surface area (Å²) in [5.74, 6) is 1.65. The Balaban J connectivity index is 1.47. The van der Waals surface area contributed by atoms with E-state index in [1.54, 1.807) is 13.3 Å². The molecular formula is C24H30N2O4. The number of amides is 1. The molecule has 2 aromatic carbocycles. The number of ether oxygens (including phenoxy) is 2. The number of hydrogen-bond acceptors (Lipinski definition) is 5. The average molecular weight is 411 g/mol. The third-order valence-corrected chi connectivity index (χ3v) is 5.35. The van der Waals surface area contributed by atoms with E-state index in [2.05, 4.69) is 17.4 Å². The lowest BCUT2D eigenvalue weighted by molar-refractivity contribution is -0.126. The summed E-state index contributed by atoms with van der Waals surface area (Å²) in [7, 11) is 1.60. The summed E-state index contributed by atoms with van der Waals surface area (Å²) >= 11 is 0. The number of hydrogen-bond donors (Lipinski definition) is 1. The summed E-state index contributed by atoms with van der Waals surface area (Å²) in [5.41, 5.74) is 1.87. The van der Waals surface area contributed by atoms with E-state index in [9.17, 15) is 4.79 Å². The molecule has 2 aromatic rings. The van der Waals surface area contributed by atoms with Gasteiger partial charge in [0.1, 0.15) is 6.61 Å². The average Bonchev–Trinajstić information content (AvgIpc) is 2.78. The van der Waals surface area contributed by atoms with Crippen LogP contribution in [0.5, 0.6) is 11.5 Å².